The number of methoxy groups -OCH3 is 1. The summed E-state index contributed by atoms with van der Waals surface area (Å²) in [5.41, 5.74) is 0.233. The summed E-state index contributed by atoms with van der Waals surface area (Å²) in [6, 6.07) is 0.837. The zero-order valence-corrected chi connectivity index (χ0v) is 9.85. The number of hydrogen-bond donors (Lipinski definition) is 2. The minimum Gasteiger partial charge on any atom is -0.378 e. The summed E-state index contributed by atoms with van der Waals surface area (Å²) in [4.78, 5) is 0. The third-order valence-electron chi connectivity index (χ3n) is 3.77. The topological polar surface area (TPSA) is 33.3 Å². The Labute approximate surface area is 93.0 Å². The van der Waals surface area contributed by atoms with E-state index in [1.54, 1.807) is 0 Å². The molecule has 3 nitrogen and oxygen atoms in total. The highest BCUT2D eigenvalue weighted by molar-refractivity contribution is 4.89. The lowest BCUT2D eigenvalue weighted by atomic mass is 9.77. The molecular weight excluding hydrogens is 188 g/mol. The molecule has 0 aromatic heterocycles. The van der Waals surface area contributed by atoms with Crippen LogP contribution in [0.2, 0.25) is 0 Å². The lowest BCUT2D eigenvalue weighted by Gasteiger charge is -2.40. The molecule has 2 aliphatic rings. The zero-order chi connectivity index (χ0) is 10.6. The Bertz CT molecular complexity index is 183. The monoisotopic (exact) mass is 212 g/mol. The van der Waals surface area contributed by atoms with Crippen LogP contribution in [0.15, 0.2) is 0 Å². The van der Waals surface area contributed by atoms with Crippen molar-refractivity contribution < 1.29 is 4.74 Å². The average Bonchev–Trinajstić information content (AvgIpc) is 2.98. The third-order valence-corrected chi connectivity index (χ3v) is 3.77. The van der Waals surface area contributed by atoms with Crippen molar-refractivity contribution in [2.24, 2.45) is 0 Å². The molecule has 2 aliphatic carbocycles. The van der Waals surface area contributed by atoms with Crippen LogP contribution in [0.3, 0.4) is 0 Å². The molecule has 88 valence electrons. The molecule has 3 heteroatoms. The number of hydrogen-bond acceptors (Lipinski definition) is 3. The van der Waals surface area contributed by atoms with Gasteiger partial charge in [0.2, 0.25) is 0 Å². The zero-order valence-electron chi connectivity index (χ0n) is 9.85. The first-order chi connectivity index (χ1) is 7.35. The number of nitrogens with one attached hydrogen (secondary N) is 2. The van der Waals surface area contributed by atoms with Gasteiger partial charge in [-0.1, -0.05) is 0 Å². The van der Waals surface area contributed by atoms with E-state index in [1.807, 2.05) is 7.11 Å². The second-order valence-electron chi connectivity index (χ2n) is 4.97. The van der Waals surface area contributed by atoms with E-state index in [0.29, 0.717) is 0 Å². The average molecular weight is 212 g/mol. The van der Waals surface area contributed by atoms with Crippen LogP contribution in [0.4, 0.5) is 0 Å². The Morgan fingerprint density at radius 2 is 2.00 bits per heavy atom. The summed E-state index contributed by atoms with van der Waals surface area (Å²) in [5.74, 6) is 0. The SMILES string of the molecule is COC1(CCNCCNC2CC2)CCC1. The lowest BCUT2D eigenvalue weighted by Crippen LogP contribution is -2.42. The molecule has 2 fully saturated rings. The minimum atomic E-state index is 0.233. The fourth-order valence-corrected chi connectivity index (χ4v) is 2.22. The maximum atomic E-state index is 5.57. The Hall–Kier alpha value is -0.120. The molecule has 0 atom stereocenters. The quantitative estimate of drug-likeness (QED) is 0.595. The van der Waals surface area contributed by atoms with Gasteiger partial charge in [0.15, 0.2) is 0 Å². The summed E-state index contributed by atoms with van der Waals surface area (Å²) in [5, 5.41) is 6.99. The van der Waals surface area contributed by atoms with Crippen LogP contribution in [-0.4, -0.2) is 38.4 Å². The molecule has 0 aromatic rings. The van der Waals surface area contributed by atoms with Gasteiger partial charge in [0.25, 0.3) is 0 Å². The molecule has 0 spiro atoms. The van der Waals surface area contributed by atoms with Crippen molar-refractivity contribution in [1.82, 2.24) is 10.6 Å². The van der Waals surface area contributed by atoms with E-state index in [2.05, 4.69) is 10.6 Å². The summed E-state index contributed by atoms with van der Waals surface area (Å²) in [6.07, 6.45) is 7.79. The van der Waals surface area contributed by atoms with Gasteiger partial charge in [-0.25, -0.2) is 0 Å². The highest BCUT2D eigenvalue weighted by atomic mass is 16.5. The molecule has 15 heavy (non-hydrogen) atoms. The normalized spacial score (nSPS) is 23.8. The Balaban J connectivity index is 1.43. The van der Waals surface area contributed by atoms with E-state index in [1.165, 1.54) is 38.5 Å². The van der Waals surface area contributed by atoms with Gasteiger partial charge in [-0.3, -0.25) is 0 Å². The fourth-order valence-electron chi connectivity index (χ4n) is 2.22. The van der Waals surface area contributed by atoms with Crippen molar-refractivity contribution in [2.75, 3.05) is 26.7 Å². The molecule has 0 radical (unpaired) electrons. The van der Waals surface area contributed by atoms with Gasteiger partial charge >= 0.3 is 0 Å². The van der Waals surface area contributed by atoms with Crippen LogP contribution in [0.1, 0.15) is 38.5 Å². The van der Waals surface area contributed by atoms with Crippen LogP contribution in [-0.2, 0) is 4.74 Å². The van der Waals surface area contributed by atoms with E-state index >= 15 is 0 Å². The first kappa shape index (κ1) is 11.4. The van der Waals surface area contributed by atoms with Crippen LogP contribution in [0.25, 0.3) is 0 Å². The molecule has 0 unspecified atom stereocenters. The van der Waals surface area contributed by atoms with E-state index in [-0.39, 0.29) is 5.60 Å². The molecule has 0 aromatic carbocycles. The minimum absolute atomic E-state index is 0.233. The first-order valence-corrected chi connectivity index (χ1v) is 6.34. The number of rotatable bonds is 8. The van der Waals surface area contributed by atoms with Gasteiger partial charge in [-0.2, -0.15) is 0 Å². The predicted octanol–water partition coefficient (Wildman–Crippen LogP) is 1.29. The highest BCUT2D eigenvalue weighted by Crippen LogP contribution is 2.37. The standard InChI is InChI=1S/C12H24N2O/c1-15-12(5-2-6-12)7-8-13-9-10-14-11-3-4-11/h11,13-14H,2-10H2,1H3. The van der Waals surface area contributed by atoms with Gasteiger partial charge in [-0.15, -0.1) is 0 Å². The largest absolute Gasteiger partial charge is 0.378 e. The second-order valence-corrected chi connectivity index (χ2v) is 4.97. The summed E-state index contributed by atoms with van der Waals surface area (Å²) in [7, 11) is 1.85. The van der Waals surface area contributed by atoms with Gasteiger partial charge in [-0.05, 0) is 45.1 Å². The van der Waals surface area contributed by atoms with Crippen LogP contribution in [0.5, 0.6) is 0 Å². The molecule has 0 saturated heterocycles. The van der Waals surface area contributed by atoms with Crippen molar-refractivity contribution in [3.05, 3.63) is 0 Å². The van der Waals surface area contributed by atoms with Crippen molar-refractivity contribution in [2.45, 2.75) is 50.2 Å². The van der Waals surface area contributed by atoms with Gasteiger partial charge in [0.1, 0.15) is 0 Å². The Kier molecular flexibility index (Phi) is 4.00. The molecule has 2 saturated carbocycles. The van der Waals surface area contributed by atoms with Crippen molar-refractivity contribution in [3.63, 3.8) is 0 Å². The second kappa shape index (κ2) is 5.28. The van der Waals surface area contributed by atoms with Gasteiger partial charge < -0.3 is 15.4 Å². The van der Waals surface area contributed by atoms with E-state index in [9.17, 15) is 0 Å². The number of ether oxygens (including phenoxy) is 1. The lowest BCUT2D eigenvalue weighted by molar-refractivity contribution is -0.0767. The predicted molar refractivity (Wildman–Crippen MR) is 62.1 cm³/mol. The summed E-state index contributed by atoms with van der Waals surface area (Å²) in [6.45, 7) is 3.31. The van der Waals surface area contributed by atoms with Gasteiger partial charge in [0.05, 0.1) is 5.60 Å². The molecule has 0 heterocycles. The maximum Gasteiger partial charge on any atom is 0.0690 e. The van der Waals surface area contributed by atoms with E-state index in [0.717, 1.165) is 25.7 Å². The molecule has 0 amide bonds. The maximum absolute atomic E-state index is 5.57. The Morgan fingerprint density at radius 1 is 1.20 bits per heavy atom. The van der Waals surface area contributed by atoms with Crippen molar-refractivity contribution in [1.29, 1.82) is 0 Å². The molecule has 0 aliphatic heterocycles. The molecular formula is C12H24N2O. The highest BCUT2D eigenvalue weighted by Gasteiger charge is 2.35. The summed E-state index contributed by atoms with van der Waals surface area (Å²) < 4.78 is 5.57. The van der Waals surface area contributed by atoms with Crippen molar-refractivity contribution >= 4 is 0 Å². The fraction of sp³-hybridized carbons (Fsp3) is 1.00. The smallest absolute Gasteiger partial charge is 0.0690 e. The molecule has 0 bridgehead atoms. The van der Waals surface area contributed by atoms with E-state index < -0.39 is 0 Å². The van der Waals surface area contributed by atoms with Crippen LogP contribution in [0, 0.1) is 0 Å². The third kappa shape index (κ3) is 3.44. The van der Waals surface area contributed by atoms with E-state index in [4.69, 9.17) is 4.74 Å². The van der Waals surface area contributed by atoms with Crippen molar-refractivity contribution in [3.8, 4) is 0 Å². The molecule has 2 rings (SSSR count). The summed E-state index contributed by atoms with van der Waals surface area (Å²) >= 11 is 0. The van der Waals surface area contributed by atoms with Gasteiger partial charge in [0, 0.05) is 26.2 Å². The Morgan fingerprint density at radius 3 is 2.53 bits per heavy atom. The molecule has 2 N–H and O–H groups in total. The van der Waals surface area contributed by atoms with Crippen LogP contribution >= 0.6 is 0 Å². The first-order valence-electron chi connectivity index (χ1n) is 6.34. The van der Waals surface area contributed by atoms with Crippen LogP contribution < -0.4 is 10.6 Å².